The number of nitrogens with one attached hydrogen (secondary N) is 1. The molecule has 1 N–H and O–H groups in total. The fraction of sp³-hybridized carbons (Fsp3) is 0.846. The van der Waals surface area contributed by atoms with E-state index in [0.717, 1.165) is 0 Å². The number of alkyl halides is 3. The third-order valence-electron chi connectivity index (χ3n) is 3.69. The lowest BCUT2D eigenvalue weighted by Gasteiger charge is -2.46. The van der Waals surface area contributed by atoms with Crippen LogP contribution in [-0.2, 0) is 9.59 Å². The van der Waals surface area contributed by atoms with Crippen LogP contribution in [0.15, 0.2) is 0 Å². The van der Waals surface area contributed by atoms with E-state index in [0.29, 0.717) is 11.3 Å². The summed E-state index contributed by atoms with van der Waals surface area (Å²) < 4.78 is 38.1. The maximum atomic E-state index is 12.7. The van der Waals surface area contributed by atoms with Crippen molar-refractivity contribution in [2.45, 2.75) is 58.3 Å². The van der Waals surface area contributed by atoms with E-state index in [1.807, 2.05) is 13.8 Å². The van der Waals surface area contributed by atoms with Crippen molar-refractivity contribution in [2.24, 2.45) is 5.92 Å². The first kappa shape index (κ1) is 16.8. The minimum Gasteiger partial charge on any atom is -0.342 e. The van der Waals surface area contributed by atoms with Crippen LogP contribution in [0, 0.1) is 5.92 Å². The molecule has 2 amide bonds. The van der Waals surface area contributed by atoms with Crippen LogP contribution in [0.25, 0.3) is 0 Å². The number of hydrogen-bond acceptors (Lipinski definition) is 2. The topological polar surface area (TPSA) is 49.4 Å². The zero-order valence-corrected chi connectivity index (χ0v) is 12.2. The molecule has 4 nitrogen and oxygen atoms in total. The predicted octanol–water partition coefficient (Wildman–Crippen LogP) is 2.09. The number of piperazine rings is 1. The van der Waals surface area contributed by atoms with Gasteiger partial charge in [0.05, 0.1) is 0 Å². The maximum absolute atomic E-state index is 12.7. The summed E-state index contributed by atoms with van der Waals surface area (Å²) in [4.78, 5) is 25.1. The molecule has 0 radical (unpaired) electrons. The van der Waals surface area contributed by atoms with E-state index in [1.54, 1.807) is 6.92 Å². The van der Waals surface area contributed by atoms with Gasteiger partial charge in [-0.05, 0) is 25.7 Å². The lowest BCUT2D eigenvalue weighted by atomic mass is 9.88. The van der Waals surface area contributed by atoms with Gasteiger partial charge in [-0.1, -0.05) is 20.8 Å². The number of halogens is 3. The lowest BCUT2D eigenvalue weighted by Crippen LogP contribution is -2.70. The summed E-state index contributed by atoms with van der Waals surface area (Å²) >= 11 is 0. The molecule has 0 saturated carbocycles. The highest BCUT2D eigenvalue weighted by atomic mass is 19.4. The van der Waals surface area contributed by atoms with Crippen LogP contribution < -0.4 is 5.32 Å². The third kappa shape index (κ3) is 3.43. The molecule has 2 unspecified atom stereocenters. The second kappa shape index (κ2) is 5.61. The molecule has 1 saturated heterocycles. The monoisotopic (exact) mass is 294 g/mol. The second-order valence-electron chi connectivity index (χ2n) is 5.82. The number of amides is 2. The molecule has 0 aromatic heterocycles. The number of carbonyl (C=O) groups excluding carboxylic acids is 2. The van der Waals surface area contributed by atoms with E-state index in [-0.39, 0.29) is 12.3 Å². The first-order chi connectivity index (χ1) is 9.01. The summed E-state index contributed by atoms with van der Waals surface area (Å²) in [6.45, 7) is 5.27. The number of nitrogens with zero attached hydrogens (tertiary/aromatic N) is 1. The molecule has 116 valence electrons. The van der Waals surface area contributed by atoms with Crippen molar-refractivity contribution in [3.63, 3.8) is 0 Å². The number of hydrogen-bond donors (Lipinski definition) is 1. The Kier molecular flexibility index (Phi) is 4.71. The van der Waals surface area contributed by atoms with Crippen LogP contribution >= 0.6 is 0 Å². The molecular formula is C13H21F3N2O2. The van der Waals surface area contributed by atoms with Crippen LogP contribution in [0.5, 0.6) is 0 Å². The number of rotatable bonds is 4. The van der Waals surface area contributed by atoms with Crippen LogP contribution in [-0.4, -0.2) is 41.0 Å². The van der Waals surface area contributed by atoms with Crippen LogP contribution in [0.3, 0.4) is 0 Å². The van der Waals surface area contributed by atoms with Crippen molar-refractivity contribution in [1.29, 1.82) is 0 Å². The van der Waals surface area contributed by atoms with E-state index in [1.165, 1.54) is 6.92 Å². The Balaban J connectivity index is 3.08. The molecule has 0 aliphatic carbocycles. The molecular weight excluding hydrogens is 273 g/mol. The Morgan fingerprint density at radius 1 is 1.35 bits per heavy atom. The molecule has 0 bridgehead atoms. The minimum absolute atomic E-state index is 0.1000. The van der Waals surface area contributed by atoms with Crippen molar-refractivity contribution >= 4 is 11.8 Å². The summed E-state index contributed by atoms with van der Waals surface area (Å²) in [5.41, 5.74) is -1.44. The summed E-state index contributed by atoms with van der Waals surface area (Å²) in [7, 11) is 0. The molecule has 1 heterocycles. The Morgan fingerprint density at radius 3 is 2.30 bits per heavy atom. The van der Waals surface area contributed by atoms with Gasteiger partial charge in [0.25, 0.3) is 0 Å². The molecule has 1 aliphatic heterocycles. The van der Waals surface area contributed by atoms with Gasteiger partial charge in [-0.25, -0.2) is 0 Å². The van der Waals surface area contributed by atoms with Gasteiger partial charge in [-0.2, -0.15) is 13.2 Å². The quantitative estimate of drug-likeness (QED) is 0.863. The van der Waals surface area contributed by atoms with E-state index < -0.39 is 36.1 Å². The van der Waals surface area contributed by atoms with Crippen LogP contribution in [0.1, 0.15) is 40.5 Å². The molecule has 0 aromatic rings. The third-order valence-corrected chi connectivity index (χ3v) is 3.69. The normalized spacial score (nSPS) is 28.0. The van der Waals surface area contributed by atoms with Gasteiger partial charge in [-0.3, -0.25) is 9.59 Å². The highest BCUT2D eigenvalue weighted by Crippen LogP contribution is 2.30. The zero-order chi connectivity index (χ0) is 15.7. The average Bonchev–Trinajstić information content (AvgIpc) is 2.30. The van der Waals surface area contributed by atoms with Crippen LogP contribution in [0.2, 0.25) is 0 Å². The zero-order valence-electron chi connectivity index (χ0n) is 12.2. The first-order valence-corrected chi connectivity index (χ1v) is 6.70. The highest BCUT2D eigenvalue weighted by Gasteiger charge is 2.51. The second-order valence-corrected chi connectivity index (χ2v) is 5.82. The molecule has 2 atom stereocenters. The van der Waals surface area contributed by atoms with Crippen molar-refractivity contribution in [3.05, 3.63) is 0 Å². The lowest BCUT2D eigenvalue weighted by molar-refractivity contribution is -0.182. The molecule has 0 aromatic carbocycles. The Bertz CT molecular complexity index is 396. The van der Waals surface area contributed by atoms with Gasteiger partial charge >= 0.3 is 6.18 Å². The molecule has 0 spiro atoms. The molecule has 7 heteroatoms. The maximum Gasteiger partial charge on any atom is 0.406 e. The number of carbonyl (C=O) groups is 2. The van der Waals surface area contributed by atoms with Gasteiger partial charge in [-0.15, -0.1) is 0 Å². The van der Waals surface area contributed by atoms with E-state index in [9.17, 15) is 22.8 Å². The SMILES string of the molecule is CCC1(C)C(=O)NC(CC(C)C)C(=O)N1CC(F)(F)F. The fourth-order valence-electron chi connectivity index (χ4n) is 2.34. The summed E-state index contributed by atoms with van der Waals surface area (Å²) in [5.74, 6) is -1.07. The molecule has 1 fully saturated rings. The first-order valence-electron chi connectivity index (χ1n) is 6.70. The van der Waals surface area contributed by atoms with Crippen molar-refractivity contribution < 1.29 is 22.8 Å². The van der Waals surface area contributed by atoms with E-state index >= 15 is 0 Å². The standard InChI is InChI=1S/C13H21F3N2O2/c1-5-12(4)11(20)17-9(6-8(2)3)10(19)18(12)7-13(14,15)16/h8-9H,5-7H2,1-4H3,(H,17,20). The smallest absolute Gasteiger partial charge is 0.342 e. The summed E-state index contributed by atoms with van der Waals surface area (Å²) in [5, 5.41) is 2.56. The van der Waals surface area contributed by atoms with Crippen LogP contribution in [0.4, 0.5) is 13.2 Å². The predicted molar refractivity (Wildman–Crippen MR) is 67.8 cm³/mol. The van der Waals surface area contributed by atoms with Gasteiger partial charge in [0.1, 0.15) is 18.1 Å². The van der Waals surface area contributed by atoms with E-state index in [2.05, 4.69) is 5.32 Å². The minimum atomic E-state index is -4.52. The van der Waals surface area contributed by atoms with E-state index in [4.69, 9.17) is 0 Å². The largest absolute Gasteiger partial charge is 0.406 e. The van der Waals surface area contributed by atoms with Gasteiger partial charge in [0.2, 0.25) is 11.8 Å². The Labute approximate surface area is 116 Å². The Hall–Kier alpha value is -1.27. The summed E-state index contributed by atoms with van der Waals surface area (Å²) in [6, 6.07) is -0.871. The Morgan fingerprint density at radius 2 is 1.90 bits per heavy atom. The molecule has 1 aliphatic rings. The van der Waals surface area contributed by atoms with Crippen molar-refractivity contribution in [1.82, 2.24) is 10.2 Å². The molecule has 1 rings (SSSR count). The molecule has 20 heavy (non-hydrogen) atoms. The van der Waals surface area contributed by atoms with Crippen molar-refractivity contribution in [3.8, 4) is 0 Å². The van der Waals surface area contributed by atoms with Gasteiger partial charge in [0.15, 0.2) is 0 Å². The van der Waals surface area contributed by atoms with Gasteiger partial charge in [0, 0.05) is 0 Å². The average molecular weight is 294 g/mol. The highest BCUT2D eigenvalue weighted by molar-refractivity contribution is 5.99. The van der Waals surface area contributed by atoms with Gasteiger partial charge < -0.3 is 10.2 Å². The fourth-order valence-corrected chi connectivity index (χ4v) is 2.34. The summed E-state index contributed by atoms with van der Waals surface area (Å²) in [6.07, 6.45) is -4.06. The van der Waals surface area contributed by atoms with Crippen molar-refractivity contribution in [2.75, 3.05) is 6.54 Å².